The number of carbonyl (C=O) groups is 2. The summed E-state index contributed by atoms with van der Waals surface area (Å²) in [5.74, 6) is -0.898. The second kappa shape index (κ2) is 9.36. The highest BCUT2D eigenvalue weighted by atomic mass is 19.4. The molecule has 1 saturated heterocycles. The van der Waals surface area contributed by atoms with Crippen molar-refractivity contribution in [1.82, 2.24) is 4.90 Å². The van der Waals surface area contributed by atoms with Crippen molar-refractivity contribution in [2.24, 2.45) is 0 Å². The van der Waals surface area contributed by atoms with E-state index in [1.807, 2.05) is 0 Å². The van der Waals surface area contributed by atoms with E-state index in [-0.39, 0.29) is 31.7 Å². The van der Waals surface area contributed by atoms with Crippen molar-refractivity contribution in [1.29, 1.82) is 0 Å². The number of carboxylic acid groups (broad SMARTS) is 1. The molecule has 7 nitrogen and oxygen atoms in total. The minimum atomic E-state index is -4.44. The van der Waals surface area contributed by atoms with E-state index < -0.39 is 35.8 Å². The maximum atomic E-state index is 12.6. The Labute approximate surface area is 176 Å². The molecule has 0 saturated carbocycles. The van der Waals surface area contributed by atoms with Crippen LogP contribution in [0.5, 0.6) is 5.75 Å². The first-order valence-corrected chi connectivity index (χ1v) is 9.45. The fourth-order valence-electron chi connectivity index (χ4n) is 3.26. The van der Waals surface area contributed by atoms with Crippen LogP contribution in [0.2, 0.25) is 0 Å². The number of aliphatic carboxylic acids is 1. The Morgan fingerprint density at radius 3 is 2.29 bits per heavy atom. The number of β-amino-alcohol motifs (C(OH)–C–C–N with tert-alkyl or cyclic N) is 1. The van der Waals surface area contributed by atoms with E-state index in [1.54, 1.807) is 29.2 Å². The van der Waals surface area contributed by atoms with Crippen LogP contribution in [0.15, 0.2) is 48.5 Å². The molecular weight excluding hydrogens is 417 g/mol. The van der Waals surface area contributed by atoms with Crippen molar-refractivity contribution in [2.45, 2.75) is 24.8 Å². The van der Waals surface area contributed by atoms with Crippen LogP contribution in [-0.2, 0) is 22.2 Å². The summed E-state index contributed by atoms with van der Waals surface area (Å²) in [4.78, 5) is 24.6. The Morgan fingerprint density at radius 2 is 1.71 bits per heavy atom. The predicted octanol–water partition coefficient (Wildman–Crippen LogP) is 2.40. The van der Waals surface area contributed by atoms with Gasteiger partial charge in [-0.2, -0.15) is 13.2 Å². The van der Waals surface area contributed by atoms with E-state index in [9.17, 15) is 27.9 Å². The molecule has 2 aromatic carbocycles. The van der Waals surface area contributed by atoms with Gasteiger partial charge in [-0.05, 0) is 42.0 Å². The number of likely N-dealkylation sites (tertiary alicyclic amines) is 1. The van der Waals surface area contributed by atoms with Crippen LogP contribution in [0.25, 0.3) is 0 Å². The van der Waals surface area contributed by atoms with E-state index >= 15 is 0 Å². The monoisotopic (exact) mass is 438 g/mol. The number of amides is 1. The van der Waals surface area contributed by atoms with Crippen LogP contribution < -0.4 is 10.1 Å². The Bertz CT molecular complexity index is 916. The third kappa shape index (κ3) is 6.43. The summed E-state index contributed by atoms with van der Waals surface area (Å²) in [5.41, 5.74) is 0.0597. The number of carbonyl (C=O) groups excluding carboxylic acids is 1. The summed E-state index contributed by atoms with van der Waals surface area (Å²) in [7, 11) is 0. The number of aliphatic hydroxyl groups excluding tert-OH is 1. The van der Waals surface area contributed by atoms with Gasteiger partial charge in [0.05, 0.1) is 18.5 Å². The summed E-state index contributed by atoms with van der Waals surface area (Å²) in [6, 6.07) is 10.6. The van der Waals surface area contributed by atoms with E-state index in [1.165, 1.54) is 12.1 Å². The molecule has 0 aromatic heterocycles. The molecule has 1 aliphatic rings. The Morgan fingerprint density at radius 1 is 1.06 bits per heavy atom. The Balaban J connectivity index is 1.50. The highest BCUT2D eigenvalue weighted by Gasteiger charge is 2.34. The normalized spacial score (nSPS) is 19.2. The van der Waals surface area contributed by atoms with Crippen molar-refractivity contribution in [3.05, 3.63) is 59.7 Å². The van der Waals surface area contributed by atoms with Gasteiger partial charge in [0.1, 0.15) is 18.0 Å². The van der Waals surface area contributed by atoms with Gasteiger partial charge in [0.15, 0.2) is 0 Å². The summed E-state index contributed by atoms with van der Waals surface area (Å²) in [5, 5.41) is 21.5. The lowest BCUT2D eigenvalue weighted by Crippen LogP contribution is -2.33. The number of benzene rings is 2. The molecule has 3 N–H and O–H groups in total. The van der Waals surface area contributed by atoms with E-state index in [0.29, 0.717) is 11.3 Å². The van der Waals surface area contributed by atoms with Crippen molar-refractivity contribution in [3.63, 3.8) is 0 Å². The maximum absolute atomic E-state index is 12.6. The minimum absolute atomic E-state index is 0.0600. The van der Waals surface area contributed by atoms with Gasteiger partial charge in [-0.1, -0.05) is 12.1 Å². The number of carboxylic acids is 1. The molecular formula is C21H21F3N2O5. The summed E-state index contributed by atoms with van der Waals surface area (Å²) < 4.78 is 43.5. The number of hydrogen-bond acceptors (Lipinski definition) is 5. The molecule has 0 spiro atoms. The lowest BCUT2D eigenvalue weighted by molar-refractivity contribution is -0.138. The van der Waals surface area contributed by atoms with Crippen LogP contribution in [0.1, 0.15) is 11.1 Å². The zero-order chi connectivity index (χ0) is 22.6. The van der Waals surface area contributed by atoms with Crippen LogP contribution in [-0.4, -0.2) is 58.8 Å². The maximum Gasteiger partial charge on any atom is 0.416 e. The molecule has 1 amide bonds. The summed E-state index contributed by atoms with van der Waals surface area (Å²) >= 11 is 0. The molecule has 2 aromatic rings. The number of ether oxygens (including phenoxy) is 1. The predicted molar refractivity (Wildman–Crippen MR) is 105 cm³/mol. The second-order valence-corrected chi connectivity index (χ2v) is 7.26. The lowest BCUT2D eigenvalue weighted by Gasteiger charge is -2.17. The van der Waals surface area contributed by atoms with Crippen LogP contribution in [0, 0.1) is 0 Å². The first-order chi connectivity index (χ1) is 14.6. The number of aliphatic hydroxyl groups is 1. The van der Waals surface area contributed by atoms with Gasteiger partial charge < -0.3 is 20.3 Å². The average Bonchev–Trinajstić information content (AvgIpc) is 3.01. The SMILES string of the molecule is O=C(O)Cc1ccc(O[C@@H]2CN(CC(=O)Nc3ccc(C(F)(F)F)cc3)C[C@H]2O)cc1. The van der Waals surface area contributed by atoms with Gasteiger partial charge in [-0.15, -0.1) is 0 Å². The van der Waals surface area contributed by atoms with Crippen LogP contribution in [0.3, 0.4) is 0 Å². The second-order valence-electron chi connectivity index (χ2n) is 7.26. The highest BCUT2D eigenvalue weighted by molar-refractivity contribution is 5.92. The Kier molecular flexibility index (Phi) is 6.81. The molecule has 0 bridgehead atoms. The van der Waals surface area contributed by atoms with Crippen LogP contribution >= 0.6 is 0 Å². The molecule has 1 heterocycles. The van der Waals surface area contributed by atoms with Crippen molar-refractivity contribution in [2.75, 3.05) is 25.0 Å². The van der Waals surface area contributed by atoms with E-state index in [2.05, 4.69) is 5.32 Å². The smallest absolute Gasteiger partial charge is 0.416 e. The molecule has 0 unspecified atom stereocenters. The molecule has 3 rings (SSSR count). The summed E-state index contributed by atoms with van der Waals surface area (Å²) in [6.45, 7) is 0.413. The number of nitrogens with one attached hydrogen (secondary N) is 1. The molecule has 166 valence electrons. The average molecular weight is 438 g/mol. The number of nitrogens with zero attached hydrogens (tertiary/aromatic N) is 1. The molecule has 10 heteroatoms. The standard InChI is InChI=1S/C21H21F3N2O5/c22-21(23,24)14-3-5-15(6-4-14)25-19(28)12-26-10-17(27)18(11-26)31-16-7-1-13(2-8-16)9-20(29)30/h1-8,17-18,27H,9-12H2,(H,25,28)(H,29,30)/t17-,18-/m1/s1. The zero-order valence-corrected chi connectivity index (χ0v) is 16.3. The van der Waals surface area contributed by atoms with Crippen molar-refractivity contribution < 1.29 is 37.7 Å². The van der Waals surface area contributed by atoms with Gasteiger partial charge in [0.25, 0.3) is 0 Å². The number of halogens is 3. The van der Waals surface area contributed by atoms with Gasteiger partial charge in [0, 0.05) is 18.8 Å². The van der Waals surface area contributed by atoms with E-state index in [0.717, 1.165) is 12.1 Å². The van der Waals surface area contributed by atoms with Gasteiger partial charge in [0.2, 0.25) is 5.91 Å². The minimum Gasteiger partial charge on any atom is -0.486 e. The Hall–Kier alpha value is -3.11. The van der Waals surface area contributed by atoms with Crippen LogP contribution in [0.4, 0.5) is 18.9 Å². The van der Waals surface area contributed by atoms with Gasteiger partial charge in [-0.25, -0.2) is 0 Å². The van der Waals surface area contributed by atoms with Crippen molar-refractivity contribution >= 4 is 17.6 Å². The van der Waals surface area contributed by atoms with E-state index in [4.69, 9.17) is 9.84 Å². The zero-order valence-electron chi connectivity index (χ0n) is 16.3. The quantitative estimate of drug-likeness (QED) is 0.614. The van der Waals surface area contributed by atoms with Gasteiger partial charge in [-0.3, -0.25) is 14.5 Å². The fraction of sp³-hybridized carbons (Fsp3) is 0.333. The molecule has 31 heavy (non-hydrogen) atoms. The topological polar surface area (TPSA) is 99.1 Å². The number of rotatable bonds is 7. The first-order valence-electron chi connectivity index (χ1n) is 9.45. The fourth-order valence-corrected chi connectivity index (χ4v) is 3.26. The first kappa shape index (κ1) is 22.6. The van der Waals surface area contributed by atoms with Gasteiger partial charge >= 0.3 is 12.1 Å². The molecule has 0 radical (unpaired) electrons. The van der Waals surface area contributed by atoms with Crippen molar-refractivity contribution in [3.8, 4) is 5.75 Å². The third-order valence-corrected chi connectivity index (χ3v) is 4.74. The molecule has 1 fully saturated rings. The number of anilines is 1. The third-order valence-electron chi connectivity index (χ3n) is 4.74. The molecule has 1 aliphatic heterocycles. The number of hydrogen-bond donors (Lipinski definition) is 3. The largest absolute Gasteiger partial charge is 0.486 e. The lowest BCUT2D eigenvalue weighted by atomic mass is 10.1. The highest BCUT2D eigenvalue weighted by Crippen LogP contribution is 2.29. The molecule has 0 aliphatic carbocycles. The molecule has 2 atom stereocenters. The number of alkyl halides is 3. The summed E-state index contributed by atoms with van der Waals surface area (Å²) in [6.07, 6.45) is -5.96.